The topological polar surface area (TPSA) is 0 Å². The van der Waals surface area contributed by atoms with Crippen molar-refractivity contribution in [2.24, 2.45) is 0 Å². The van der Waals surface area contributed by atoms with Crippen LogP contribution in [0.15, 0.2) is 30.3 Å². The first-order valence-electron chi connectivity index (χ1n) is 2.26. The van der Waals surface area contributed by atoms with Crippen LogP contribution < -0.4 is 4.16 Å². The van der Waals surface area contributed by atoms with E-state index in [1.165, 1.54) is 22.5 Å². The van der Waals surface area contributed by atoms with Gasteiger partial charge >= 0.3 is 52.8 Å². The molecule has 0 spiro atoms. The van der Waals surface area contributed by atoms with Crippen molar-refractivity contribution in [3.8, 4) is 0 Å². The van der Waals surface area contributed by atoms with E-state index in [1.54, 1.807) is 0 Å². The zero-order valence-electron chi connectivity index (χ0n) is 4.09. The molecular weight excluding hydrogens is 137 g/mol. The minimum absolute atomic E-state index is 0. The fraction of sp³-hybridized carbons (Fsp3) is 0. The van der Waals surface area contributed by atoms with Gasteiger partial charge in [-0.15, -0.1) is 0 Å². The van der Waals surface area contributed by atoms with E-state index in [1.807, 2.05) is 6.07 Å². The SMILES string of the molecule is [HH].[Zn][c]1ccccc1. The Labute approximate surface area is 54.7 Å². The number of benzene rings is 1. The Bertz CT molecular complexity index is 138. The van der Waals surface area contributed by atoms with Crippen molar-refractivity contribution in [2.75, 3.05) is 0 Å². The second kappa shape index (κ2) is 2.23. The molecular formula is C6H7Zn. The summed E-state index contributed by atoms with van der Waals surface area (Å²) in [5, 5.41) is 0. The Balaban J connectivity index is 0.000000490. The van der Waals surface area contributed by atoms with E-state index in [4.69, 9.17) is 0 Å². The molecule has 0 aliphatic rings. The zero-order valence-corrected chi connectivity index (χ0v) is 7.06. The van der Waals surface area contributed by atoms with Gasteiger partial charge in [-0.1, -0.05) is 0 Å². The Kier molecular flexibility index (Phi) is 1.59. The van der Waals surface area contributed by atoms with Gasteiger partial charge in [-0.3, -0.25) is 0 Å². The normalized spacial score (nSPS) is 8.86. The van der Waals surface area contributed by atoms with Crippen LogP contribution in [0.1, 0.15) is 1.43 Å². The van der Waals surface area contributed by atoms with Gasteiger partial charge in [0.05, 0.1) is 0 Å². The molecule has 0 unspecified atom stereocenters. The van der Waals surface area contributed by atoms with Crippen LogP contribution in [0.25, 0.3) is 0 Å². The van der Waals surface area contributed by atoms with Gasteiger partial charge in [-0.2, -0.15) is 0 Å². The van der Waals surface area contributed by atoms with E-state index < -0.39 is 0 Å². The molecule has 1 aromatic carbocycles. The van der Waals surface area contributed by atoms with Crippen LogP contribution in [-0.4, -0.2) is 0 Å². The summed E-state index contributed by atoms with van der Waals surface area (Å²) < 4.78 is 1.45. The summed E-state index contributed by atoms with van der Waals surface area (Å²) in [5.41, 5.74) is 0. The van der Waals surface area contributed by atoms with Crippen LogP contribution in [0.2, 0.25) is 0 Å². The molecule has 0 N–H and O–H groups in total. The summed E-state index contributed by atoms with van der Waals surface area (Å²) in [6.45, 7) is 0. The molecule has 0 atom stereocenters. The van der Waals surface area contributed by atoms with Crippen molar-refractivity contribution in [2.45, 2.75) is 0 Å². The summed E-state index contributed by atoms with van der Waals surface area (Å²) >= 11 is 1.26. The van der Waals surface area contributed by atoms with E-state index >= 15 is 0 Å². The molecule has 1 rings (SSSR count). The molecule has 0 nitrogen and oxygen atoms in total. The molecule has 0 radical (unpaired) electrons. The Morgan fingerprint density at radius 3 is 2.00 bits per heavy atom. The summed E-state index contributed by atoms with van der Waals surface area (Å²) in [6.07, 6.45) is 0. The molecule has 0 saturated carbocycles. The summed E-state index contributed by atoms with van der Waals surface area (Å²) in [6, 6.07) is 10.5. The molecule has 0 amide bonds. The molecule has 0 aliphatic carbocycles. The molecule has 0 heterocycles. The van der Waals surface area contributed by atoms with Crippen LogP contribution in [0.5, 0.6) is 0 Å². The van der Waals surface area contributed by atoms with Gasteiger partial charge in [0.1, 0.15) is 0 Å². The van der Waals surface area contributed by atoms with Crippen LogP contribution in [0.3, 0.4) is 0 Å². The van der Waals surface area contributed by atoms with Gasteiger partial charge in [-0.05, 0) is 0 Å². The molecule has 7 heavy (non-hydrogen) atoms. The third kappa shape index (κ3) is 1.40. The number of hydrogen-bond acceptors (Lipinski definition) is 0. The van der Waals surface area contributed by atoms with Gasteiger partial charge in [0.2, 0.25) is 0 Å². The average molecular weight is 145 g/mol. The van der Waals surface area contributed by atoms with Gasteiger partial charge in [-0.25, -0.2) is 0 Å². The summed E-state index contributed by atoms with van der Waals surface area (Å²) in [4.78, 5) is 0. The Hall–Kier alpha value is -0.157. The molecule has 33 valence electrons. The average Bonchev–Trinajstić information content (AvgIpc) is 1.69. The number of hydrogen-bond donors (Lipinski definition) is 0. The van der Waals surface area contributed by atoms with E-state index in [0.29, 0.717) is 0 Å². The van der Waals surface area contributed by atoms with Gasteiger partial charge < -0.3 is 0 Å². The van der Waals surface area contributed by atoms with E-state index in [2.05, 4.69) is 24.3 Å². The maximum atomic E-state index is 2.14. The molecule has 0 aromatic heterocycles. The van der Waals surface area contributed by atoms with Gasteiger partial charge in [0.15, 0.2) is 0 Å². The Morgan fingerprint density at radius 2 is 1.71 bits per heavy atom. The van der Waals surface area contributed by atoms with Crippen molar-refractivity contribution in [3.63, 3.8) is 0 Å². The third-order valence-electron chi connectivity index (χ3n) is 0.843. The molecule has 0 fully saturated rings. The molecule has 1 aromatic rings. The fourth-order valence-corrected chi connectivity index (χ4v) is 1.05. The van der Waals surface area contributed by atoms with Crippen molar-refractivity contribution < 1.29 is 19.7 Å². The maximum absolute atomic E-state index is 2.14. The van der Waals surface area contributed by atoms with Crippen LogP contribution in [0.4, 0.5) is 0 Å². The predicted octanol–water partition coefficient (Wildman–Crippen LogP) is 1.10. The second-order valence-corrected chi connectivity index (χ2v) is 3.20. The summed E-state index contributed by atoms with van der Waals surface area (Å²) in [7, 11) is 0. The molecule has 0 aliphatic heterocycles. The first-order valence-corrected chi connectivity index (χ1v) is 3.75. The molecule has 0 saturated heterocycles. The van der Waals surface area contributed by atoms with Crippen molar-refractivity contribution in [1.29, 1.82) is 0 Å². The van der Waals surface area contributed by atoms with Crippen LogP contribution >= 0.6 is 0 Å². The van der Waals surface area contributed by atoms with Gasteiger partial charge in [0, 0.05) is 1.43 Å². The first kappa shape index (κ1) is 4.99. The van der Waals surface area contributed by atoms with E-state index in [9.17, 15) is 0 Å². The van der Waals surface area contributed by atoms with Crippen molar-refractivity contribution in [3.05, 3.63) is 30.3 Å². The fourth-order valence-electron chi connectivity index (χ4n) is 0.478. The monoisotopic (exact) mass is 143 g/mol. The number of rotatable bonds is 0. The van der Waals surface area contributed by atoms with Gasteiger partial charge in [0.25, 0.3) is 0 Å². The standard InChI is InChI=1S/C6H5.Zn.H2/c1-2-4-6-5-3-1;;/h1-5H;;1H. The third-order valence-corrected chi connectivity index (χ3v) is 1.83. The van der Waals surface area contributed by atoms with Crippen LogP contribution in [-0.2, 0) is 18.3 Å². The zero-order chi connectivity index (χ0) is 5.11. The van der Waals surface area contributed by atoms with E-state index in [0.717, 1.165) is 0 Å². The Morgan fingerprint density at radius 1 is 1.14 bits per heavy atom. The molecule has 0 bridgehead atoms. The second-order valence-electron chi connectivity index (χ2n) is 1.49. The van der Waals surface area contributed by atoms with Crippen LogP contribution in [0, 0.1) is 0 Å². The first-order chi connectivity index (χ1) is 3.39. The van der Waals surface area contributed by atoms with Crippen molar-refractivity contribution in [1.82, 2.24) is 0 Å². The predicted molar refractivity (Wildman–Crippen MR) is 28.2 cm³/mol. The minimum atomic E-state index is 0. The molecule has 1 heteroatoms. The summed E-state index contributed by atoms with van der Waals surface area (Å²) in [5.74, 6) is 0. The van der Waals surface area contributed by atoms with Crippen molar-refractivity contribution >= 4 is 4.16 Å². The van der Waals surface area contributed by atoms with E-state index in [-0.39, 0.29) is 1.43 Å². The quantitative estimate of drug-likeness (QED) is 0.479.